The number of nitrogens with zero attached hydrogens (tertiary/aromatic N) is 2. The zero-order valence-electron chi connectivity index (χ0n) is 9.63. The van der Waals surface area contributed by atoms with E-state index >= 15 is 0 Å². The number of carbonyl (C=O) groups is 1. The van der Waals surface area contributed by atoms with Gasteiger partial charge in [0.1, 0.15) is 0 Å². The molecule has 0 aromatic carbocycles. The molecule has 0 unspecified atom stereocenters. The topological polar surface area (TPSA) is 35.6 Å². The van der Waals surface area contributed by atoms with E-state index in [9.17, 15) is 4.79 Å². The van der Waals surface area contributed by atoms with Gasteiger partial charge in [-0.2, -0.15) is 0 Å². The highest BCUT2D eigenvalue weighted by atomic mass is 16.2. The summed E-state index contributed by atoms with van der Waals surface area (Å²) in [4.78, 5) is 15.9. The third-order valence-electron chi connectivity index (χ3n) is 3.00. The Hall–Kier alpha value is -0.610. The molecule has 1 fully saturated rings. The molecule has 1 rings (SSSR count). The van der Waals surface area contributed by atoms with Gasteiger partial charge in [0.25, 0.3) is 0 Å². The van der Waals surface area contributed by atoms with E-state index in [1.54, 1.807) is 7.05 Å². The molecule has 1 aliphatic heterocycles. The molecule has 0 radical (unpaired) electrons. The lowest BCUT2D eigenvalue weighted by molar-refractivity contribution is -0.134. The Morgan fingerprint density at radius 1 is 1.43 bits per heavy atom. The maximum absolute atomic E-state index is 11.6. The highest BCUT2D eigenvalue weighted by molar-refractivity contribution is 5.78. The van der Waals surface area contributed by atoms with E-state index in [2.05, 4.69) is 31.1 Å². The molecule has 0 bridgehead atoms. The van der Waals surface area contributed by atoms with Crippen molar-refractivity contribution in [3.8, 4) is 0 Å². The van der Waals surface area contributed by atoms with Crippen LogP contribution in [0.4, 0.5) is 0 Å². The number of nitrogens with one attached hydrogen (secondary N) is 1. The lowest BCUT2D eigenvalue weighted by Crippen LogP contribution is -2.59. The largest absolute Gasteiger partial charge is 0.338 e. The number of rotatable bonds is 2. The fourth-order valence-electron chi connectivity index (χ4n) is 1.72. The van der Waals surface area contributed by atoms with E-state index in [4.69, 9.17) is 0 Å². The first-order valence-corrected chi connectivity index (χ1v) is 5.11. The van der Waals surface area contributed by atoms with Crippen molar-refractivity contribution in [1.29, 1.82) is 0 Å². The van der Waals surface area contributed by atoms with Gasteiger partial charge in [0.2, 0.25) is 5.91 Å². The minimum atomic E-state index is 0.0989. The lowest BCUT2D eigenvalue weighted by Gasteiger charge is -2.45. The lowest BCUT2D eigenvalue weighted by atomic mass is 10.00. The summed E-state index contributed by atoms with van der Waals surface area (Å²) in [6.45, 7) is 7.42. The predicted molar refractivity (Wildman–Crippen MR) is 57.2 cm³/mol. The second-order valence-electron chi connectivity index (χ2n) is 4.58. The summed E-state index contributed by atoms with van der Waals surface area (Å²) in [5.74, 6) is 0.202. The summed E-state index contributed by atoms with van der Waals surface area (Å²) in [6.07, 6.45) is 0. The van der Waals surface area contributed by atoms with Gasteiger partial charge in [-0.25, -0.2) is 0 Å². The molecule has 0 aliphatic carbocycles. The second kappa shape index (κ2) is 4.28. The van der Waals surface area contributed by atoms with Crippen LogP contribution in [-0.4, -0.2) is 61.5 Å². The molecule has 4 nitrogen and oxygen atoms in total. The first-order valence-electron chi connectivity index (χ1n) is 5.11. The summed E-state index contributed by atoms with van der Waals surface area (Å²) in [7, 11) is 3.92. The van der Waals surface area contributed by atoms with Gasteiger partial charge in [-0.1, -0.05) is 0 Å². The molecule has 1 aliphatic rings. The van der Waals surface area contributed by atoms with Crippen molar-refractivity contribution in [1.82, 2.24) is 15.1 Å². The molecule has 1 amide bonds. The van der Waals surface area contributed by atoms with Crippen molar-refractivity contribution in [3.05, 3.63) is 0 Å². The number of likely N-dealkylation sites (N-methyl/N-ethyl adjacent to an activating group) is 2. The Morgan fingerprint density at radius 2 is 2.07 bits per heavy atom. The van der Waals surface area contributed by atoms with Gasteiger partial charge in [-0.3, -0.25) is 9.69 Å². The maximum Gasteiger partial charge on any atom is 0.236 e. The van der Waals surface area contributed by atoms with Crippen LogP contribution in [0.3, 0.4) is 0 Å². The van der Waals surface area contributed by atoms with Crippen LogP contribution in [0.25, 0.3) is 0 Å². The van der Waals surface area contributed by atoms with Gasteiger partial charge in [-0.15, -0.1) is 0 Å². The molecule has 1 saturated heterocycles. The summed E-state index contributed by atoms with van der Waals surface area (Å²) in [5, 5.41) is 2.90. The zero-order valence-corrected chi connectivity index (χ0v) is 9.63. The quantitative estimate of drug-likeness (QED) is 0.666. The van der Waals surface area contributed by atoms with Crippen LogP contribution in [0.2, 0.25) is 0 Å². The van der Waals surface area contributed by atoms with Gasteiger partial charge in [-0.05, 0) is 27.9 Å². The molecule has 0 aromatic rings. The molecule has 0 atom stereocenters. The first kappa shape index (κ1) is 11.5. The van der Waals surface area contributed by atoms with E-state index < -0.39 is 0 Å². The van der Waals surface area contributed by atoms with Crippen LogP contribution in [0.15, 0.2) is 0 Å². The Bertz CT molecular complexity index is 215. The van der Waals surface area contributed by atoms with Crippen molar-refractivity contribution in [2.24, 2.45) is 0 Å². The van der Waals surface area contributed by atoms with Gasteiger partial charge < -0.3 is 10.2 Å². The number of carbonyl (C=O) groups excluding carboxylic acids is 1. The van der Waals surface area contributed by atoms with Crippen molar-refractivity contribution in [2.45, 2.75) is 19.4 Å². The third kappa shape index (κ3) is 2.45. The van der Waals surface area contributed by atoms with E-state index in [0.717, 1.165) is 19.6 Å². The maximum atomic E-state index is 11.6. The molecule has 0 spiro atoms. The van der Waals surface area contributed by atoms with Crippen LogP contribution in [0.5, 0.6) is 0 Å². The average molecular weight is 199 g/mol. The summed E-state index contributed by atoms with van der Waals surface area (Å²) in [5.41, 5.74) is 0.0989. The van der Waals surface area contributed by atoms with Crippen LogP contribution < -0.4 is 5.32 Å². The predicted octanol–water partition coefficient (Wildman–Crippen LogP) is -0.242. The van der Waals surface area contributed by atoms with Crippen LogP contribution in [0, 0.1) is 0 Å². The van der Waals surface area contributed by atoms with E-state index in [-0.39, 0.29) is 11.4 Å². The Labute approximate surface area is 86.2 Å². The monoisotopic (exact) mass is 199 g/mol. The van der Waals surface area contributed by atoms with Gasteiger partial charge in [0.15, 0.2) is 0 Å². The van der Waals surface area contributed by atoms with Crippen molar-refractivity contribution < 1.29 is 4.79 Å². The zero-order chi connectivity index (χ0) is 10.8. The highest BCUT2D eigenvalue weighted by Gasteiger charge is 2.32. The highest BCUT2D eigenvalue weighted by Crippen LogP contribution is 2.18. The van der Waals surface area contributed by atoms with Crippen LogP contribution in [0.1, 0.15) is 13.8 Å². The van der Waals surface area contributed by atoms with E-state index in [1.165, 1.54) is 0 Å². The summed E-state index contributed by atoms with van der Waals surface area (Å²) < 4.78 is 0. The molecule has 4 heteroatoms. The number of amides is 1. The Morgan fingerprint density at radius 3 is 2.57 bits per heavy atom. The van der Waals surface area contributed by atoms with Crippen LogP contribution >= 0.6 is 0 Å². The van der Waals surface area contributed by atoms with E-state index in [1.807, 2.05) is 4.90 Å². The molecule has 14 heavy (non-hydrogen) atoms. The van der Waals surface area contributed by atoms with E-state index in [0.29, 0.717) is 6.54 Å². The smallest absolute Gasteiger partial charge is 0.236 e. The standard InChI is InChI=1S/C10H21N3O/c1-10(2)8-13(6-5-12(10)4)9(14)7-11-3/h11H,5-8H2,1-4H3. The summed E-state index contributed by atoms with van der Waals surface area (Å²) in [6, 6.07) is 0. The van der Waals surface area contributed by atoms with Gasteiger partial charge >= 0.3 is 0 Å². The fourth-order valence-corrected chi connectivity index (χ4v) is 1.72. The van der Waals surface area contributed by atoms with Crippen LogP contribution in [-0.2, 0) is 4.79 Å². The second-order valence-corrected chi connectivity index (χ2v) is 4.58. The summed E-state index contributed by atoms with van der Waals surface area (Å²) >= 11 is 0. The number of hydrogen-bond acceptors (Lipinski definition) is 3. The Kier molecular flexibility index (Phi) is 3.50. The molecular formula is C10H21N3O. The van der Waals surface area contributed by atoms with Crippen molar-refractivity contribution >= 4 is 5.91 Å². The van der Waals surface area contributed by atoms with Gasteiger partial charge in [0, 0.05) is 25.2 Å². The normalized spacial score (nSPS) is 22.4. The first-order chi connectivity index (χ1) is 6.47. The molecule has 1 N–H and O–H groups in total. The molecule has 0 saturated carbocycles. The molecule has 0 aromatic heterocycles. The average Bonchev–Trinajstić information content (AvgIpc) is 2.10. The van der Waals surface area contributed by atoms with Crippen molar-refractivity contribution in [3.63, 3.8) is 0 Å². The minimum Gasteiger partial charge on any atom is -0.338 e. The SMILES string of the molecule is CNCC(=O)N1CCN(C)C(C)(C)C1. The third-order valence-corrected chi connectivity index (χ3v) is 3.00. The fraction of sp³-hybridized carbons (Fsp3) is 0.900. The van der Waals surface area contributed by atoms with Crippen molar-refractivity contribution in [2.75, 3.05) is 40.3 Å². The van der Waals surface area contributed by atoms with Gasteiger partial charge in [0.05, 0.1) is 6.54 Å². The minimum absolute atomic E-state index is 0.0989. The molecule has 82 valence electrons. The molecule has 1 heterocycles. The Balaban J connectivity index is 2.55. The molecular weight excluding hydrogens is 178 g/mol. The number of piperazine rings is 1. The number of hydrogen-bond donors (Lipinski definition) is 1.